The van der Waals surface area contributed by atoms with Gasteiger partial charge in [0.05, 0.1) is 10.7 Å². The number of hydrogen-bond donors (Lipinski definition) is 1. The van der Waals surface area contributed by atoms with Gasteiger partial charge in [-0.3, -0.25) is 0 Å². The first-order valence-corrected chi connectivity index (χ1v) is 8.42. The minimum atomic E-state index is 0.369. The van der Waals surface area contributed by atoms with Crippen molar-refractivity contribution in [1.29, 1.82) is 0 Å². The number of aromatic nitrogens is 1. The summed E-state index contributed by atoms with van der Waals surface area (Å²) >= 11 is 1.70. The van der Waals surface area contributed by atoms with E-state index in [2.05, 4.69) is 61.6 Å². The van der Waals surface area contributed by atoms with Gasteiger partial charge in [0.2, 0.25) is 0 Å². The van der Waals surface area contributed by atoms with Gasteiger partial charge in [0.15, 0.2) is 0 Å². The first kappa shape index (κ1) is 16.0. The molecular weight excluding hydrogens is 280 g/mol. The van der Waals surface area contributed by atoms with Crippen molar-refractivity contribution in [1.82, 2.24) is 10.3 Å². The molecule has 3 nitrogen and oxygen atoms in total. The predicted molar refractivity (Wildman–Crippen MR) is 89.1 cm³/mol. The van der Waals surface area contributed by atoms with Crippen LogP contribution in [0.25, 0.3) is 0 Å². The van der Waals surface area contributed by atoms with E-state index in [9.17, 15) is 0 Å². The molecule has 1 unspecified atom stereocenters. The molecule has 0 aliphatic rings. The quantitative estimate of drug-likeness (QED) is 0.829. The van der Waals surface area contributed by atoms with Gasteiger partial charge in [0, 0.05) is 11.4 Å². The summed E-state index contributed by atoms with van der Waals surface area (Å²) in [5.41, 5.74) is 3.48. The Bertz CT molecular complexity index is 580. The van der Waals surface area contributed by atoms with Crippen LogP contribution in [-0.4, -0.2) is 11.5 Å². The lowest BCUT2D eigenvalue weighted by atomic mass is 10.1. The van der Waals surface area contributed by atoms with Crippen molar-refractivity contribution in [3.8, 4) is 5.75 Å². The molecule has 0 aliphatic carbocycles. The Labute approximate surface area is 131 Å². The Balaban J connectivity index is 2.00. The van der Waals surface area contributed by atoms with Crippen LogP contribution in [0.1, 0.15) is 48.6 Å². The highest BCUT2D eigenvalue weighted by Gasteiger charge is 2.08. The normalized spacial score (nSPS) is 12.4. The fraction of sp³-hybridized carbons (Fsp3) is 0.471. The van der Waals surface area contributed by atoms with Crippen molar-refractivity contribution >= 4 is 11.3 Å². The zero-order valence-corrected chi connectivity index (χ0v) is 14.1. The van der Waals surface area contributed by atoms with Crippen LogP contribution < -0.4 is 10.1 Å². The molecule has 4 heteroatoms. The number of rotatable bonds is 7. The molecule has 2 aromatic rings. The molecule has 0 radical (unpaired) electrons. The van der Waals surface area contributed by atoms with Crippen molar-refractivity contribution in [3.63, 3.8) is 0 Å². The molecule has 0 saturated carbocycles. The summed E-state index contributed by atoms with van der Waals surface area (Å²) in [5, 5.41) is 6.67. The summed E-state index contributed by atoms with van der Waals surface area (Å²) in [5.74, 6) is 0.938. The van der Waals surface area contributed by atoms with Crippen LogP contribution in [0.15, 0.2) is 23.6 Å². The highest BCUT2D eigenvalue weighted by molar-refractivity contribution is 7.09. The monoisotopic (exact) mass is 304 g/mol. The maximum atomic E-state index is 5.90. The van der Waals surface area contributed by atoms with Gasteiger partial charge in [0.1, 0.15) is 12.4 Å². The van der Waals surface area contributed by atoms with Gasteiger partial charge in [-0.15, -0.1) is 11.3 Å². The molecule has 1 N–H and O–H groups in total. The lowest BCUT2D eigenvalue weighted by Crippen LogP contribution is -2.17. The molecule has 0 bridgehead atoms. The maximum absolute atomic E-state index is 5.90. The largest absolute Gasteiger partial charge is 0.487 e. The lowest BCUT2D eigenvalue weighted by Gasteiger charge is -2.15. The second-order valence-corrected chi connectivity index (χ2v) is 6.12. The highest BCUT2D eigenvalue weighted by atomic mass is 32.1. The lowest BCUT2D eigenvalue weighted by molar-refractivity contribution is 0.299. The number of nitrogens with one attached hydrogen (secondary N) is 1. The van der Waals surface area contributed by atoms with Gasteiger partial charge in [-0.1, -0.05) is 26.0 Å². The van der Waals surface area contributed by atoms with Crippen LogP contribution >= 0.6 is 11.3 Å². The van der Waals surface area contributed by atoms with Gasteiger partial charge in [-0.05, 0) is 44.0 Å². The van der Waals surface area contributed by atoms with Gasteiger partial charge in [-0.2, -0.15) is 0 Å². The predicted octanol–water partition coefficient (Wildman–Crippen LogP) is 4.26. The summed E-state index contributed by atoms with van der Waals surface area (Å²) in [6.45, 7) is 10.0. The summed E-state index contributed by atoms with van der Waals surface area (Å²) in [6.07, 6.45) is 0.987. The minimum absolute atomic E-state index is 0.369. The van der Waals surface area contributed by atoms with Crippen LogP contribution in [0, 0.1) is 6.92 Å². The van der Waals surface area contributed by atoms with Crippen molar-refractivity contribution in [2.45, 2.75) is 46.8 Å². The van der Waals surface area contributed by atoms with E-state index >= 15 is 0 Å². The average Bonchev–Trinajstić information content (AvgIpc) is 2.94. The van der Waals surface area contributed by atoms with E-state index in [-0.39, 0.29) is 0 Å². The molecule has 0 fully saturated rings. The first-order chi connectivity index (χ1) is 10.1. The van der Waals surface area contributed by atoms with Crippen molar-refractivity contribution in [2.24, 2.45) is 0 Å². The van der Waals surface area contributed by atoms with Gasteiger partial charge >= 0.3 is 0 Å². The number of hydrogen-bond acceptors (Lipinski definition) is 4. The Morgan fingerprint density at radius 3 is 2.76 bits per heavy atom. The van der Waals surface area contributed by atoms with E-state index in [0.29, 0.717) is 12.6 Å². The molecular formula is C17H24N2OS. The van der Waals surface area contributed by atoms with E-state index < -0.39 is 0 Å². The van der Waals surface area contributed by atoms with E-state index in [1.54, 1.807) is 11.3 Å². The standard InChI is InChI=1S/C17H24N2OS/c1-5-17-19-15(11-21-17)10-20-16-8-7-14(9-12(16)3)13(4)18-6-2/h7-9,11,13,18H,5-6,10H2,1-4H3. The third kappa shape index (κ3) is 4.29. The summed E-state index contributed by atoms with van der Waals surface area (Å²) < 4.78 is 5.90. The molecule has 0 saturated heterocycles. The second kappa shape index (κ2) is 7.57. The van der Waals surface area contributed by atoms with Crippen LogP contribution in [0.2, 0.25) is 0 Å². The van der Waals surface area contributed by atoms with Gasteiger partial charge in [-0.25, -0.2) is 4.98 Å². The zero-order chi connectivity index (χ0) is 15.2. The van der Waals surface area contributed by atoms with Gasteiger partial charge in [0.25, 0.3) is 0 Å². The number of aryl methyl sites for hydroxylation is 2. The summed E-state index contributed by atoms with van der Waals surface area (Å²) in [7, 11) is 0. The molecule has 1 atom stereocenters. The average molecular weight is 304 g/mol. The smallest absolute Gasteiger partial charge is 0.131 e. The molecule has 2 rings (SSSR count). The Morgan fingerprint density at radius 1 is 1.33 bits per heavy atom. The molecule has 1 heterocycles. The molecule has 0 amide bonds. The Hall–Kier alpha value is -1.39. The first-order valence-electron chi connectivity index (χ1n) is 7.54. The topological polar surface area (TPSA) is 34.1 Å². The molecule has 114 valence electrons. The number of thiazole rings is 1. The van der Waals surface area contributed by atoms with Crippen molar-refractivity contribution < 1.29 is 4.74 Å². The Kier molecular flexibility index (Phi) is 5.76. The number of nitrogens with zero attached hydrogens (tertiary/aromatic N) is 1. The molecule has 21 heavy (non-hydrogen) atoms. The third-order valence-corrected chi connectivity index (χ3v) is 4.53. The Morgan fingerprint density at radius 2 is 2.14 bits per heavy atom. The fourth-order valence-electron chi connectivity index (χ4n) is 2.26. The third-order valence-electron chi connectivity index (χ3n) is 3.49. The van der Waals surface area contributed by atoms with Crippen LogP contribution in [0.4, 0.5) is 0 Å². The van der Waals surface area contributed by atoms with E-state index in [1.165, 1.54) is 16.1 Å². The van der Waals surface area contributed by atoms with E-state index in [0.717, 1.165) is 24.4 Å². The molecule has 0 aliphatic heterocycles. The van der Waals surface area contributed by atoms with Crippen LogP contribution in [0.5, 0.6) is 5.75 Å². The van der Waals surface area contributed by atoms with E-state index in [4.69, 9.17) is 4.74 Å². The SMILES string of the molecule is CCNC(C)c1ccc(OCc2csc(CC)n2)c(C)c1. The molecule has 0 spiro atoms. The van der Waals surface area contributed by atoms with Crippen LogP contribution in [0.3, 0.4) is 0 Å². The molecule has 1 aromatic carbocycles. The van der Waals surface area contributed by atoms with Crippen LogP contribution in [-0.2, 0) is 13.0 Å². The molecule has 1 aromatic heterocycles. The highest BCUT2D eigenvalue weighted by Crippen LogP contribution is 2.24. The van der Waals surface area contributed by atoms with Crippen molar-refractivity contribution in [2.75, 3.05) is 6.54 Å². The fourth-order valence-corrected chi connectivity index (χ4v) is 2.99. The van der Waals surface area contributed by atoms with E-state index in [1.807, 2.05) is 0 Å². The van der Waals surface area contributed by atoms with Crippen molar-refractivity contribution in [3.05, 3.63) is 45.4 Å². The summed E-state index contributed by atoms with van der Waals surface area (Å²) in [6, 6.07) is 6.76. The van der Waals surface area contributed by atoms with Gasteiger partial charge < -0.3 is 10.1 Å². The zero-order valence-electron chi connectivity index (χ0n) is 13.3. The number of ether oxygens (including phenoxy) is 1. The second-order valence-electron chi connectivity index (χ2n) is 5.18. The number of benzene rings is 1. The maximum Gasteiger partial charge on any atom is 0.131 e. The summed E-state index contributed by atoms with van der Waals surface area (Å²) in [4.78, 5) is 4.53. The minimum Gasteiger partial charge on any atom is -0.487 e.